The molecule has 6 heteroatoms. The van der Waals surface area contributed by atoms with Gasteiger partial charge in [0.15, 0.2) is 11.4 Å². The number of benzene rings is 2. The number of imidazole rings is 1. The van der Waals surface area contributed by atoms with E-state index >= 15 is 0 Å². The van der Waals surface area contributed by atoms with Crippen molar-refractivity contribution in [2.75, 3.05) is 7.11 Å². The van der Waals surface area contributed by atoms with Gasteiger partial charge >= 0.3 is 0 Å². The molecule has 2 aromatic carbocycles. The first kappa shape index (κ1) is 18.9. The van der Waals surface area contributed by atoms with Crippen LogP contribution in [0.5, 0.6) is 0 Å². The van der Waals surface area contributed by atoms with Crippen molar-refractivity contribution < 1.29 is 9.84 Å². The van der Waals surface area contributed by atoms with Gasteiger partial charge in [-0.15, -0.1) is 0 Å². The molecule has 4 nitrogen and oxygen atoms in total. The summed E-state index contributed by atoms with van der Waals surface area (Å²) in [4.78, 5) is 4.67. The van der Waals surface area contributed by atoms with E-state index in [0.29, 0.717) is 27.0 Å². The minimum atomic E-state index is -1.48. The number of ether oxygens (including phenoxy) is 1. The molecule has 3 aromatic rings. The van der Waals surface area contributed by atoms with E-state index in [9.17, 15) is 5.11 Å². The Morgan fingerprint density at radius 3 is 1.85 bits per heavy atom. The number of nitrogens with zero attached hydrogens (tertiary/aromatic N) is 2. The van der Waals surface area contributed by atoms with Crippen molar-refractivity contribution in [2.24, 2.45) is 0 Å². The molecular weight excluding hydrogens is 371 g/mol. The molecule has 1 heterocycles. The van der Waals surface area contributed by atoms with E-state index in [1.165, 1.54) is 0 Å². The molecule has 1 aromatic heterocycles. The molecule has 0 aliphatic rings. The quantitative estimate of drug-likeness (QED) is 0.686. The second kappa shape index (κ2) is 7.41. The van der Waals surface area contributed by atoms with Crippen LogP contribution in [0.15, 0.2) is 48.5 Å². The lowest BCUT2D eigenvalue weighted by Gasteiger charge is -2.30. The summed E-state index contributed by atoms with van der Waals surface area (Å²) in [5, 5.41) is 13.1. The van der Waals surface area contributed by atoms with Crippen LogP contribution in [-0.2, 0) is 17.1 Å². The first-order valence-corrected chi connectivity index (χ1v) is 8.91. The highest BCUT2D eigenvalue weighted by molar-refractivity contribution is 6.30. The van der Waals surface area contributed by atoms with Crippen molar-refractivity contribution >= 4 is 23.2 Å². The number of aryl methyl sites for hydroxylation is 1. The van der Waals surface area contributed by atoms with Crippen LogP contribution < -0.4 is 0 Å². The standard InChI is InChI=1S/C20H20Cl2N2O2/c1-13-14(2)24(12-26-3)19(23-13)20(25,15-4-8-17(21)9-5-15)16-6-10-18(22)11-7-16/h4-11,25H,12H2,1-3H3. The summed E-state index contributed by atoms with van der Waals surface area (Å²) in [6.07, 6.45) is 0. The minimum Gasteiger partial charge on any atom is -0.373 e. The Bertz CT molecular complexity index is 857. The largest absolute Gasteiger partial charge is 0.373 e. The summed E-state index contributed by atoms with van der Waals surface area (Å²) in [5.41, 5.74) is 1.60. The highest BCUT2D eigenvalue weighted by Gasteiger charge is 2.39. The van der Waals surface area contributed by atoms with Crippen LogP contribution in [-0.4, -0.2) is 21.8 Å². The Hall–Kier alpha value is -1.85. The van der Waals surface area contributed by atoms with Crippen molar-refractivity contribution in [3.63, 3.8) is 0 Å². The number of aromatic nitrogens is 2. The van der Waals surface area contributed by atoms with Crippen LogP contribution >= 0.6 is 23.2 Å². The summed E-state index contributed by atoms with van der Waals surface area (Å²) in [5.74, 6) is 0.485. The molecule has 0 radical (unpaired) electrons. The number of rotatable bonds is 5. The zero-order valence-corrected chi connectivity index (χ0v) is 16.3. The molecule has 0 aliphatic carbocycles. The monoisotopic (exact) mass is 390 g/mol. The molecule has 0 atom stereocenters. The van der Waals surface area contributed by atoms with Gasteiger partial charge in [0.2, 0.25) is 0 Å². The zero-order chi connectivity index (χ0) is 18.9. The Labute approximate surface area is 163 Å². The molecule has 0 amide bonds. The van der Waals surface area contributed by atoms with Gasteiger partial charge in [-0.1, -0.05) is 47.5 Å². The number of methoxy groups -OCH3 is 1. The van der Waals surface area contributed by atoms with Crippen LogP contribution in [0.25, 0.3) is 0 Å². The van der Waals surface area contributed by atoms with E-state index in [2.05, 4.69) is 4.98 Å². The summed E-state index contributed by atoms with van der Waals surface area (Å²) < 4.78 is 7.21. The molecular formula is C20H20Cl2N2O2. The minimum absolute atomic E-state index is 0.283. The van der Waals surface area contributed by atoms with Crippen molar-refractivity contribution in [1.82, 2.24) is 9.55 Å². The molecule has 0 fully saturated rings. The van der Waals surface area contributed by atoms with Gasteiger partial charge in [-0.05, 0) is 49.2 Å². The van der Waals surface area contributed by atoms with Gasteiger partial charge in [0.1, 0.15) is 6.73 Å². The molecule has 1 N–H and O–H groups in total. The second-order valence-electron chi connectivity index (χ2n) is 6.18. The average molecular weight is 391 g/mol. The van der Waals surface area contributed by atoms with Crippen LogP contribution in [0.2, 0.25) is 10.0 Å². The van der Waals surface area contributed by atoms with E-state index in [-0.39, 0.29) is 6.73 Å². The fraction of sp³-hybridized carbons (Fsp3) is 0.250. The molecule has 0 unspecified atom stereocenters. The van der Waals surface area contributed by atoms with Crippen molar-refractivity contribution in [3.8, 4) is 0 Å². The second-order valence-corrected chi connectivity index (χ2v) is 7.05. The van der Waals surface area contributed by atoms with Gasteiger partial charge in [0.05, 0.1) is 5.69 Å². The third-order valence-corrected chi connectivity index (χ3v) is 5.07. The smallest absolute Gasteiger partial charge is 0.173 e. The molecule has 0 bridgehead atoms. The van der Waals surface area contributed by atoms with Gasteiger partial charge in [0.25, 0.3) is 0 Å². The Morgan fingerprint density at radius 2 is 1.42 bits per heavy atom. The first-order chi connectivity index (χ1) is 12.4. The normalized spacial score (nSPS) is 11.8. The Kier molecular flexibility index (Phi) is 5.39. The van der Waals surface area contributed by atoms with Gasteiger partial charge < -0.3 is 14.4 Å². The van der Waals surface area contributed by atoms with Crippen LogP contribution in [0.1, 0.15) is 28.3 Å². The predicted molar refractivity (Wildman–Crippen MR) is 104 cm³/mol. The SMILES string of the molecule is COCn1c(C(O)(c2ccc(Cl)cc2)c2ccc(Cl)cc2)nc(C)c1C. The maximum atomic E-state index is 11.9. The van der Waals surface area contributed by atoms with Crippen LogP contribution in [0.3, 0.4) is 0 Å². The number of aliphatic hydroxyl groups is 1. The topological polar surface area (TPSA) is 47.3 Å². The molecule has 0 saturated carbocycles. The van der Waals surface area contributed by atoms with Gasteiger partial charge in [-0.2, -0.15) is 0 Å². The predicted octanol–water partition coefficient (Wildman–Crippen LogP) is 4.69. The lowest BCUT2D eigenvalue weighted by Crippen LogP contribution is -2.33. The van der Waals surface area contributed by atoms with E-state index in [4.69, 9.17) is 27.9 Å². The highest BCUT2D eigenvalue weighted by Crippen LogP contribution is 2.38. The highest BCUT2D eigenvalue weighted by atomic mass is 35.5. The Morgan fingerprint density at radius 1 is 0.962 bits per heavy atom. The van der Waals surface area contributed by atoms with Crippen molar-refractivity contribution in [2.45, 2.75) is 26.2 Å². The molecule has 0 spiro atoms. The Balaban J connectivity index is 2.30. The first-order valence-electron chi connectivity index (χ1n) is 8.15. The maximum absolute atomic E-state index is 11.9. The molecule has 0 aliphatic heterocycles. The fourth-order valence-corrected chi connectivity index (χ4v) is 3.28. The van der Waals surface area contributed by atoms with E-state index in [0.717, 1.165) is 11.4 Å². The maximum Gasteiger partial charge on any atom is 0.173 e. The molecule has 136 valence electrons. The lowest BCUT2D eigenvalue weighted by atomic mass is 9.85. The summed E-state index contributed by atoms with van der Waals surface area (Å²) in [7, 11) is 1.61. The lowest BCUT2D eigenvalue weighted by molar-refractivity contribution is 0.0836. The van der Waals surface area contributed by atoms with Gasteiger partial charge in [0, 0.05) is 22.8 Å². The number of hydrogen-bond acceptors (Lipinski definition) is 3. The van der Waals surface area contributed by atoms with Gasteiger partial charge in [-0.3, -0.25) is 0 Å². The fourth-order valence-electron chi connectivity index (χ4n) is 3.02. The van der Waals surface area contributed by atoms with E-state index < -0.39 is 5.60 Å². The number of halogens is 2. The number of hydrogen-bond donors (Lipinski definition) is 1. The van der Waals surface area contributed by atoms with Gasteiger partial charge in [-0.25, -0.2) is 4.98 Å². The molecule has 3 rings (SSSR count). The average Bonchev–Trinajstić information content (AvgIpc) is 2.91. The van der Waals surface area contributed by atoms with E-state index in [1.54, 1.807) is 55.6 Å². The molecule has 0 saturated heterocycles. The van der Waals surface area contributed by atoms with Crippen molar-refractivity contribution in [3.05, 3.63) is 86.9 Å². The zero-order valence-electron chi connectivity index (χ0n) is 14.8. The van der Waals surface area contributed by atoms with E-state index in [1.807, 2.05) is 18.4 Å². The summed E-state index contributed by atoms with van der Waals surface area (Å²) in [6, 6.07) is 14.2. The van der Waals surface area contributed by atoms with Crippen LogP contribution in [0.4, 0.5) is 0 Å². The van der Waals surface area contributed by atoms with Crippen molar-refractivity contribution in [1.29, 1.82) is 0 Å². The third-order valence-electron chi connectivity index (χ3n) is 4.56. The summed E-state index contributed by atoms with van der Waals surface area (Å²) >= 11 is 12.1. The van der Waals surface area contributed by atoms with Crippen LogP contribution in [0, 0.1) is 13.8 Å². The summed E-state index contributed by atoms with van der Waals surface area (Å²) in [6.45, 7) is 4.15. The third kappa shape index (κ3) is 3.26. The molecule has 26 heavy (non-hydrogen) atoms.